The van der Waals surface area contributed by atoms with E-state index in [0.717, 1.165) is 16.7 Å². The number of benzene rings is 1. The van der Waals surface area contributed by atoms with Crippen LogP contribution in [0.3, 0.4) is 0 Å². The quantitative estimate of drug-likeness (QED) is 0.824. The first kappa shape index (κ1) is 19.5. The fourth-order valence-electron chi connectivity index (χ4n) is 3.29. The molecular weight excluding hydrogens is 362 g/mol. The zero-order valence-corrected chi connectivity index (χ0v) is 16.3. The van der Waals surface area contributed by atoms with E-state index < -0.39 is 10.0 Å². The Balaban J connectivity index is 1.52. The summed E-state index contributed by atoms with van der Waals surface area (Å²) < 4.78 is 26.9. The predicted molar refractivity (Wildman–Crippen MR) is 104 cm³/mol. The van der Waals surface area contributed by atoms with Crippen molar-refractivity contribution >= 4 is 15.9 Å². The van der Waals surface area contributed by atoms with Crippen molar-refractivity contribution in [1.82, 2.24) is 14.6 Å². The molecule has 1 aromatic heterocycles. The van der Waals surface area contributed by atoms with E-state index in [1.54, 1.807) is 12.4 Å². The van der Waals surface area contributed by atoms with Gasteiger partial charge in [-0.05, 0) is 48.6 Å². The maximum Gasteiger partial charge on any atom is 0.223 e. The van der Waals surface area contributed by atoms with Gasteiger partial charge in [-0.3, -0.25) is 9.78 Å². The van der Waals surface area contributed by atoms with E-state index in [1.807, 2.05) is 43.3 Å². The summed E-state index contributed by atoms with van der Waals surface area (Å²) in [7, 11) is -3.37. The van der Waals surface area contributed by atoms with Crippen molar-refractivity contribution in [3.63, 3.8) is 0 Å². The van der Waals surface area contributed by atoms with Gasteiger partial charge in [0.1, 0.15) is 0 Å². The average molecular weight is 388 g/mol. The second-order valence-corrected chi connectivity index (χ2v) is 8.90. The zero-order chi connectivity index (χ0) is 19.3. The van der Waals surface area contributed by atoms with Crippen LogP contribution < -0.4 is 5.32 Å². The predicted octanol–water partition coefficient (Wildman–Crippen LogP) is 2.25. The number of pyridine rings is 1. The fraction of sp³-hybridized carbons (Fsp3) is 0.400. The van der Waals surface area contributed by atoms with Crippen molar-refractivity contribution in [2.45, 2.75) is 32.1 Å². The third-order valence-electron chi connectivity index (χ3n) is 5.03. The number of aromatic nitrogens is 1. The minimum Gasteiger partial charge on any atom is -0.352 e. The maximum atomic E-state index is 12.7. The van der Waals surface area contributed by atoms with Crippen LogP contribution in [0.5, 0.6) is 0 Å². The molecule has 3 rings (SSSR count). The molecule has 0 radical (unpaired) electrons. The molecule has 1 aromatic carbocycles. The van der Waals surface area contributed by atoms with Crippen molar-refractivity contribution in [3.05, 3.63) is 65.5 Å². The lowest BCUT2D eigenvalue weighted by Crippen LogP contribution is -2.43. The topological polar surface area (TPSA) is 79.4 Å². The molecule has 0 atom stereocenters. The molecule has 6 nitrogen and oxygen atoms in total. The largest absolute Gasteiger partial charge is 0.352 e. The summed E-state index contributed by atoms with van der Waals surface area (Å²) in [4.78, 5) is 16.3. The highest BCUT2D eigenvalue weighted by atomic mass is 32.2. The molecule has 2 heterocycles. The third kappa shape index (κ3) is 5.14. The molecular formula is C20H25N3O3S. The normalized spacial score (nSPS) is 16.2. The number of nitrogens with one attached hydrogen (secondary N) is 1. The SMILES string of the molecule is Cc1ccccc1CS(=O)(=O)N1CCC(C(=O)NCc2ccncc2)CC1. The molecule has 1 saturated heterocycles. The smallest absolute Gasteiger partial charge is 0.223 e. The molecule has 2 aromatic rings. The first-order chi connectivity index (χ1) is 13.0. The summed E-state index contributed by atoms with van der Waals surface area (Å²) in [6, 6.07) is 11.3. The van der Waals surface area contributed by atoms with Crippen LogP contribution in [0.4, 0.5) is 0 Å². The number of nitrogens with zero attached hydrogens (tertiary/aromatic N) is 2. The van der Waals surface area contributed by atoms with Crippen LogP contribution in [-0.2, 0) is 27.1 Å². The van der Waals surface area contributed by atoms with E-state index in [4.69, 9.17) is 0 Å². The molecule has 1 fully saturated rings. The lowest BCUT2D eigenvalue weighted by molar-refractivity contribution is -0.126. The summed E-state index contributed by atoms with van der Waals surface area (Å²) in [5.41, 5.74) is 2.80. The maximum absolute atomic E-state index is 12.7. The van der Waals surface area contributed by atoms with Crippen molar-refractivity contribution in [1.29, 1.82) is 0 Å². The molecule has 1 aliphatic heterocycles. The van der Waals surface area contributed by atoms with Crippen molar-refractivity contribution in [2.75, 3.05) is 13.1 Å². The number of carbonyl (C=O) groups is 1. The molecule has 0 unspecified atom stereocenters. The van der Waals surface area contributed by atoms with Crippen molar-refractivity contribution < 1.29 is 13.2 Å². The number of hydrogen-bond acceptors (Lipinski definition) is 4. The van der Waals surface area contributed by atoms with Gasteiger partial charge in [0.2, 0.25) is 15.9 Å². The molecule has 0 spiro atoms. The van der Waals surface area contributed by atoms with Crippen LogP contribution in [0.1, 0.15) is 29.5 Å². The van der Waals surface area contributed by atoms with E-state index in [-0.39, 0.29) is 17.6 Å². The van der Waals surface area contributed by atoms with Gasteiger partial charge in [-0.15, -0.1) is 0 Å². The Labute approximate surface area is 160 Å². The molecule has 0 bridgehead atoms. The van der Waals surface area contributed by atoms with Crippen molar-refractivity contribution in [2.24, 2.45) is 5.92 Å². The highest BCUT2D eigenvalue weighted by molar-refractivity contribution is 7.88. The minimum absolute atomic E-state index is 0.0113. The third-order valence-corrected chi connectivity index (χ3v) is 6.86. The van der Waals surface area contributed by atoms with Crippen LogP contribution in [0.15, 0.2) is 48.8 Å². The Morgan fingerprint density at radius 2 is 1.81 bits per heavy atom. The van der Waals surface area contributed by atoms with Crippen LogP contribution in [0.25, 0.3) is 0 Å². The van der Waals surface area contributed by atoms with Crippen LogP contribution >= 0.6 is 0 Å². The number of aryl methyl sites for hydroxylation is 1. The lowest BCUT2D eigenvalue weighted by atomic mass is 9.97. The molecule has 0 saturated carbocycles. The zero-order valence-electron chi connectivity index (χ0n) is 15.5. The Hall–Kier alpha value is -2.25. The Kier molecular flexibility index (Phi) is 6.23. The van der Waals surface area contributed by atoms with E-state index in [9.17, 15) is 13.2 Å². The Morgan fingerprint density at radius 3 is 2.48 bits per heavy atom. The first-order valence-electron chi connectivity index (χ1n) is 9.14. The van der Waals surface area contributed by atoms with Gasteiger partial charge in [-0.2, -0.15) is 0 Å². The second-order valence-electron chi connectivity index (χ2n) is 6.93. The van der Waals surface area contributed by atoms with Gasteiger partial charge >= 0.3 is 0 Å². The Morgan fingerprint density at radius 1 is 1.15 bits per heavy atom. The van der Waals surface area contributed by atoms with E-state index >= 15 is 0 Å². The average Bonchev–Trinajstić information content (AvgIpc) is 2.69. The summed E-state index contributed by atoms with van der Waals surface area (Å²) >= 11 is 0. The van der Waals surface area contributed by atoms with Crippen molar-refractivity contribution in [3.8, 4) is 0 Å². The second kappa shape index (κ2) is 8.63. The molecule has 1 amide bonds. The van der Waals surface area contributed by atoms with Gasteiger partial charge in [0, 0.05) is 37.9 Å². The van der Waals surface area contributed by atoms with Gasteiger partial charge in [-0.1, -0.05) is 24.3 Å². The molecule has 0 aliphatic carbocycles. The minimum atomic E-state index is -3.37. The number of amides is 1. The summed E-state index contributed by atoms with van der Waals surface area (Å²) in [5, 5.41) is 2.93. The molecule has 7 heteroatoms. The summed E-state index contributed by atoms with van der Waals surface area (Å²) in [6.45, 7) is 3.17. The van der Waals surface area contributed by atoms with Gasteiger partial charge < -0.3 is 5.32 Å². The van der Waals surface area contributed by atoms with Crippen LogP contribution in [-0.4, -0.2) is 36.7 Å². The standard InChI is InChI=1S/C20H25N3O3S/c1-16-4-2-3-5-19(16)15-27(25,26)23-12-8-18(9-13-23)20(24)22-14-17-6-10-21-11-7-17/h2-7,10-11,18H,8-9,12-15H2,1H3,(H,22,24). The monoisotopic (exact) mass is 387 g/mol. The van der Waals surface area contributed by atoms with Gasteiger partial charge in [0.05, 0.1) is 5.75 Å². The first-order valence-corrected chi connectivity index (χ1v) is 10.8. The van der Waals surface area contributed by atoms with Crippen LogP contribution in [0.2, 0.25) is 0 Å². The highest BCUT2D eigenvalue weighted by Gasteiger charge is 2.31. The highest BCUT2D eigenvalue weighted by Crippen LogP contribution is 2.22. The van der Waals surface area contributed by atoms with E-state index in [1.165, 1.54) is 4.31 Å². The molecule has 144 valence electrons. The van der Waals surface area contributed by atoms with E-state index in [0.29, 0.717) is 32.5 Å². The van der Waals surface area contributed by atoms with Crippen LogP contribution in [0, 0.1) is 12.8 Å². The summed E-state index contributed by atoms with van der Waals surface area (Å²) in [6.07, 6.45) is 4.49. The van der Waals surface area contributed by atoms with Gasteiger partial charge in [-0.25, -0.2) is 12.7 Å². The number of rotatable bonds is 6. The number of sulfonamides is 1. The number of piperidine rings is 1. The number of carbonyl (C=O) groups excluding carboxylic acids is 1. The van der Waals surface area contributed by atoms with E-state index in [2.05, 4.69) is 10.3 Å². The van der Waals surface area contributed by atoms with Gasteiger partial charge in [0.25, 0.3) is 0 Å². The molecule has 27 heavy (non-hydrogen) atoms. The fourth-order valence-corrected chi connectivity index (χ4v) is 4.96. The molecule has 1 aliphatic rings. The number of hydrogen-bond donors (Lipinski definition) is 1. The Bertz CT molecular complexity index is 876. The summed E-state index contributed by atoms with van der Waals surface area (Å²) in [5.74, 6) is -0.141. The molecule has 1 N–H and O–H groups in total. The lowest BCUT2D eigenvalue weighted by Gasteiger charge is -2.30. The van der Waals surface area contributed by atoms with Gasteiger partial charge in [0.15, 0.2) is 0 Å².